The first-order valence-electron chi connectivity index (χ1n) is 4.88. The molecule has 1 unspecified atom stereocenters. The molecule has 0 saturated heterocycles. The Morgan fingerprint density at radius 1 is 1.64 bits per heavy atom. The molecular formula is C12H18N2. The molecule has 0 aromatic carbocycles. The number of hydrogen-bond donors (Lipinski definition) is 1. The van der Waals surface area contributed by atoms with Crippen LogP contribution in [0.15, 0.2) is 30.5 Å². The van der Waals surface area contributed by atoms with Crippen LogP contribution in [0.25, 0.3) is 0 Å². The van der Waals surface area contributed by atoms with Crippen molar-refractivity contribution in [3.63, 3.8) is 0 Å². The van der Waals surface area contributed by atoms with Gasteiger partial charge in [-0.25, -0.2) is 0 Å². The van der Waals surface area contributed by atoms with Gasteiger partial charge in [0.05, 0.1) is 0 Å². The lowest BCUT2D eigenvalue weighted by atomic mass is 9.99. The molecule has 0 amide bonds. The zero-order valence-corrected chi connectivity index (χ0v) is 9.17. The molecule has 0 radical (unpaired) electrons. The molecule has 14 heavy (non-hydrogen) atoms. The van der Waals surface area contributed by atoms with Crippen molar-refractivity contribution >= 4 is 0 Å². The van der Waals surface area contributed by atoms with Crippen molar-refractivity contribution in [2.24, 2.45) is 0 Å². The van der Waals surface area contributed by atoms with Gasteiger partial charge >= 0.3 is 0 Å². The van der Waals surface area contributed by atoms with E-state index >= 15 is 0 Å². The van der Waals surface area contributed by atoms with Crippen LogP contribution in [0, 0.1) is 6.92 Å². The van der Waals surface area contributed by atoms with Crippen LogP contribution in [0.3, 0.4) is 0 Å². The SMILES string of the molecule is C=C(C)CC(NC)c1cccnc1C. The van der Waals surface area contributed by atoms with Crippen LogP contribution < -0.4 is 5.32 Å². The van der Waals surface area contributed by atoms with E-state index < -0.39 is 0 Å². The maximum atomic E-state index is 4.29. The Hall–Kier alpha value is -1.15. The molecular weight excluding hydrogens is 172 g/mol. The quantitative estimate of drug-likeness (QED) is 0.738. The highest BCUT2D eigenvalue weighted by Crippen LogP contribution is 2.21. The molecule has 2 nitrogen and oxygen atoms in total. The molecule has 1 rings (SSSR count). The van der Waals surface area contributed by atoms with Gasteiger partial charge in [-0.2, -0.15) is 0 Å². The fraction of sp³-hybridized carbons (Fsp3) is 0.417. The summed E-state index contributed by atoms with van der Waals surface area (Å²) in [5.41, 5.74) is 3.54. The largest absolute Gasteiger partial charge is 0.313 e. The monoisotopic (exact) mass is 190 g/mol. The summed E-state index contributed by atoms with van der Waals surface area (Å²) in [5.74, 6) is 0. The van der Waals surface area contributed by atoms with Crippen molar-refractivity contribution < 1.29 is 0 Å². The lowest BCUT2D eigenvalue weighted by Crippen LogP contribution is -2.17. The van der Waals surface area contributed by atoms with Crippen LogP contribution in [0.1, 0.15) is 30.6 Å². The van der Waals surface area contributed by atoms with Gasteiger partial charge in [0, 0.05) is 17.9 Å². The van der Waals surface area contributed by atoms with Crippen molar-refractivity contribution in [2.45, 2.75) is 26.3 Å². The van der Waals surface area contributed by atoms with Gasteiger partial charge in [-0.05, 0) is 38.9 Å². The third-order valence-corrected chi connectivity index (χ3v) is 2.32. The Kier molecular flexibility index (Phi) is 3.84. The van der Waals surface area contributed by atoms with E-state index in [1.807, 2.05) is 26.2 Å². The molecule has 1 atom stereocenters. The average Bonchev–Trinajstić information content (AvgIpc) is 2.15. The van der Waals surface area contributed by atoms with Crippen LogP contribution in [0.4, 0.5) is 0 Å². The Morgan fingerprint density at radius 3 is 2.86 bits per heavy atom. The summed E-state index contributed by atoms with van der Waals surface area (Å²) in [5, 5.41) is 3.29. The Balaban J connectivity index is 2.89. The minimum absolute atomic E-state index is 0.334. The Morgan fingerprint density at radius 2 is 2.36 bits per heavy atom. The first kappa shape index (κ1) is 10.9. The molecule has 76 valence electrons. The molecule has 2 heteroatoms. The maximum Gasteiger partial charge on any atom is 0.0420 e. The van der Waals surface area contributed by atoms with Crippen molar-refractivity contribution in [1.82, 2.24) is 10.3 Å². The second-order valence-electron chi connectivity index (χ2n) is 3.68. The van der Waals surface area contributed by atoms with Gasteiger partial charge in [-0.15, -0.1) is 6.58 Å². The summed E-state index contributed by atoms with van der Waals surface area (Å²) in [6, 6.07) is 4.43. The van der Waals surface area contributed by atoms with E-state index in [0.717, 1.165) is 12.1 Å². The van der Waals surface area contributed by atoms with E-state index in [2.05, 4.69) is 29.9 Å². The highest BCUT2D eigenvalue weighted by Gasteiger charge is 2.11. The van der Waals surface area contributed by atoms with E-state index in [-0.39, 0.29) is 0 Å². The minimum atomic E-state index is 0.334. The number of aromatic nitrogens is 1. The lowest BCUT2D eigenvalue weighted by molar-refractivity contribution is 0.584. The van der Waals surface area contributed by atoms with Crippen LogP contribution >= 0.6 is 0 Å². The first-order valence-corrected chi connectivity index (χ1v) is 4.88. The predicted octanol–water partition coefficient (Wildman–Crippen LogP) is 2.62. The van der Waals surface area contributed by atoms with Crippen LogP contribution in [-0.2, 0) is 0 Å². The molecule has 1 aromatic heterocycles. The van der Waals surface area contributed by atoms with Gasteiger partial charge < -0.3 is 5.32 Å². The molecule has 0 saturated carbocycles. The molecule has 0 aliphatic heterocycles. The third-order valence-electron chi connectivity index (χ3n) is 2.32. The summed E-state index contributed by atoms with van der Waals surface area (Å²) in [6.45, 7) is 8.03. The topological polar surface area (TPSA) is 24.9 Å². The van der Waals surface area contributed by atoms with Gasteiger partial charge in [0.2, 0.25) is 0 Å². The number of aryl methyl sites for hydroxylation is 1. The van der Waals surface area contributed by atoms with E-state index in [4.69, 9.17) is 0 Å². The smallest absolute Gasteiger partial charge is 0.0420 e. The number of nitrogens with zero attached hydrogens (tertiary/aromatic N) is 1. The summed E-state index contributed by atoms with van der Waals surface area (Å²) in [4.78, 5) is 4.29. The molecule has 0 aliphatic rings. The van der Waals surface area contributed by atoms with Gasteiger partial charge in [-0.3, -0.25) is 4.98 Å². The second kappa shape index (κ2) is 4.91. The second-order valence-corrected chi connectivity index (χ2v) is 3.68. The normalized spacial score (nSPS) is 12.5. The minimum Gasteiger partial charge on any atom is -0.313 e. The number of pyridine rings is 1. The third kappa shape index (κ3) is 2.67. The summed E-state index contributed by atoms with van der Waals surface area (Å²) in [6.07, 6.45) is 2.79. The number of nitrogens with one attached hydrogen (secondary N) is 1. The zero-order valence-electron chi connectivity index (χ0n) is 9.17. The molecule has 1 N–H and O–H groups in total. The fourth-order valence-electron chi connectivity index (χ4n) is 1.58. The Labute approximate surface area is 86.1 Å². The van der Waals surface area contributed by atoms with Crippen molar-refractivity contribution in [2.75, 3.05) is 7.05 Å². The zero-order chi connectivity index (χ0) is 10.6. The van der Waals surface area contributed by atoms with Crippen molar-refractivity contribution in [3.05, 3.63) is 41.7 Å². The molecule has 1 heterocycles. The number of hydrogen-bond acceptors (Lipinski definition) is 2. The average molecular weight is 190 g/mol. The van der Waals surface area contributed by atoms with Gasteiger partial charge in [-0.1, -0.05) is 11.6 Å². The molecule has 0 fully saturated rings. The highest BCUT2D eigenvalue weighted by molar-refractivity contribution is 5.23. The first-order chi connectivity index (χ1) is 6.65. The molecule has 0 spiro atoms. The van der Waals surface area contributed by atoms with Gasteiger partial charge in [0.15, 0.2) is 0 Å². The molecule has 0 aliphatic carbocycles. The van der Waals surface area contributed by atoms with Gasteiger partial charge in [0.1, 0.15) is 0 Å². The van der Waals surface area contributed by atoms with Gasteiger partial charge in [0.25, 0.3) is 0 Å². The van der Waals surface area contributed by atoms with E-state index in [1.54, 1.807) is 0 Å². The summed E-state index contributed by atoms with van der Waals surface area (Å²) >= 11 is 0. The maximum absolute atomic E-state index is 4.29. The van der Waals surface area contributed by atoms with E-state index in [9.17, 15) is 0 Å². The molecule has 0 bridgehead atoms. The van der Waals surface area contributed by atoms with Crippen LogP contribution in [0.5, 0.6) is 0 Å². The summed E-state index contributed by atoms with van der Waals surface area (Å²) < 4.78 is 0. The predicted molar refractivity (Wildman–Crippen MR) is 60.2 cm³/mol. The number of rotatable bonds is 4. The Bertz CT molecular complexity index is 318. The summed E-state index contributed by atoms with van der Waals surface area (Å²) in [7, 11) is 1.97. The lowest BCUT2D eigenvalue weighted by Gasteiger charge is -2.17. The van der Waals surface area contributed by atoms with E-state index in [0.29, 0.717) is 6.04 Å². The van der Waals surface area contributed by atoms with Crippen LogP contribution in [-0.4, -0.2) is 12.0 Å². The fourth-order valence-corrected chi connectivity index (χ4v) is 1.58. The van der Waals surface area contributed by atoms with Crippen molar-refractivity contribution in [3.8, 4) is 0 Å². The molecule has 1 aromatic rings. The highest BCUT2D eigenvalue weighted by atomic mass is 14.9. The van der Waals surface area contributed by atoms with E-state index in [1.165, 1.54) is 11.1 Å². The van der Waals surface area contributed by atoms with Crippen molar-refractivity contribution in [1.29, 1.82) is 0 Å². The standard InChI is InChI=1S/C12H18N2/c1-9(2)8-12(13-4)11-6-5-7-14-10(11)3/h5-7,12-13H,1,8H2,2-4H3. The van der Waals surface area contributed by atoms with Crippen LogP contribution in [0.2, 0.25) is 0 Å².